The summed E-state index contributed by atoms with van der Waals surface area (Å²) in [7, 11) is 0. The fourth-order valence-electron chi connectivity index (χ4n) is 1.77. The highest BCUT2D eigenvalue weighted by Crippen LogP contribution is 2.32. The lowest BCUT2D eigenvalue weighted by atomic mass is 10.2. The van der Waals surface area contributed by atoms with Crippen LogP contribution in [-0.4, -0.2) is 0 Å². The third kappa shape index (κ3) is 1.73. The minimum Gasteiger partial charge on any atom is -0.456 e. The molecule has 0 saturated heterocycles. The topological polar surface area (TPSA) is 52.3 Å². The van der Waals surface area contributed by atoms with Gasteiger partial charge in [-0.1, -0.05) is 23.7 Å². The van der Waals surface area contributed by atoms with Gasteiger partial charge in [-0.15, -0.1) is 0 Å². The van der Waals surface area contributed by atoms with Crippen LogP contribution in [0.1, 0.15) is 5.76 Å². The summed E-state index contributed by atoms with van der Waals surface area (Å²) in [6.07, 6.45) is 0. The largest absolute Gasteiger partial charge is 0.456 e. The van der Waals surface area contributed by atoms with Crippen LogP contribution < -0.4 is 5.73 Å². The monoisotopic (exact) mass is 247 g/mol. The van der Waals surface area contributed by atoms with E-state index >= 15 is 0 Å². The fourth-order valence-corrected chi connectivity index (χ4v) is 1.99. The van der Waals surface area contributed by atoms with E-state index in [-0.39, 0.29) is 0 Å². The van der Waals surface area contributed by atoms with E-state index in [0.717, 1.165) is 11.1 Å². The molecule has 0 spiro atoms. The second kappa shape index (κ2) is 3.95. The molecule has 2 aromatic heterocycles. The maximum atomic E-state index is 6.05. The van der Waals surface area contributed by atoms with Crippen LogP contribution in [0.25, 0.3) is 22.5 Å². The average molecular weight is 248 g/mol. The first-order valence-corrected chi connectivity index (χ1v) is 5.63. The summed E-state index contributed by atoms with van der Waals surface area (Å²) in [5.41, 5.74) is 6.17. The summed E-state index contributed by atoms with van der Waals surface area (Å²) < 4.78 is 11.2. The van der Waals surface area contributed by atoms with Crippen molar-refractivity contribution in [1.82, 2.24) is 0 Å². The third-order valence-electron chi connectivity index (χ3n) is 2.60. The smallest absolute Gasteiger partial charge is 0.170 e. The van der Waals surface area contributed by atoms with Crippen molar-refractivity contribution in [3.8, 4) is 11.5 Å². The minimum atomic E-state index is 0.376. The number of benzene rings is 1. The van der Waals surface area contributed by atoms with E-state index in [4.69, 9.17) is 26.2 Å². The van der Waals surface area contributed by atoms with Gasteiger partial charge in [0.1, 0.15) is 5.76 Å². The van der Waals surface area contributed by atoms with Crippen molar-refractivity contribution >= 4 is 22.6 Å². The van der Waals surface area contributed by atoms with Crippen molar-refractivity contribution in [2.45, 2.75) is 6.54 Å². The van der Waals surface area contributed by atoms with Crippen molar-refractivity contribution in [3.05, 3.63) is 47.2 Å². The van der Waals surface area contributed by atoms with Crippen LogP contribution in [0.4, 0.5) is 0 Å². The van der Waals surface area contributed by atoms with Gasteiger partial charge >= 0.3 is 0 Å². The molecule has 0 amide bonds. The van der Waals surface area contributed by atoms with Crippen LogP contribution in [0.5, 0.6) is 0 Å². The van der Waals surface area contributed by atoms with E-state index in [0.29, 0.717) is 28.7 Å². The highest BCUT2D eigenvalue weighted by Gasteiger charge is 2.11. The first kappa shape index (κ1) is 10.4. The second-order valence-electron chi connectivity index (χ2n) is 3.74. The van der Waals surface area contributed by atoms with Gasteiger partial charge in [0, 0.05) is 5.39 Å². The number of furan rings is 2. The van der Waals surface area contributed by atoms with Crippen LogP contribution in [0, 0.1) is 0 Å². The molecule has 2 heterocycles. The first-order chi connectivity index (χ1) is 8.28. The molecule has 0 fully saturated rings. The quantitative estimate of drug-likeness (QED) is 0.749. The van der Waals surface area contributed by atoms with Gasteiger partial charge in [0.15, 0.2) is 17.1 Å². The highest BCUT2D eigenvalue weighted by atomic mass is 35.5. The Morgan fingerprint density at radius 2 is 1.94 bits per heavy atom. The van der Waals surface area contributed by atoms with E-state index < -0.39 is 0 Å². The molecule has 0 unspecified atom stereocenters. The number of halogens is 1. The fraction of sp³-hybridized carbons (Fsp3) is 0.0769. The summed E-state index contributed by atoms with van der Waals surface area (Å²) in [5.74, 6) is 2.05. The zero-order valence-electron chi connectivity index (χ0n) is 8.94. The van der Waals surface area contributed by atoms with Gasteiger partial charge in [-0.2, -0.15) is 0 Å². The normalized spacial score (nSPS) is 11.2. The van der Waals surface area contributed by atoms with Crippen LogP contribution in [0.15, 0.2) is 45.2 Å². The molecule has 0 radical (unpaired) electrons. The lowest BCUT2D eigenvalue weighted by Gasteiger charge is -1.91. The minimum absolute atomic E-state index is 0.376. The molecule has 3 aromatic rings. The predicted octanol–water partition coefficient (Wildman–Crippen LogP) is 3.80. The number of para-hydroxylation sites is 1. The Bertz CT molecular complexity index is 669. The first-order valence-electron chi connectivity index (χ1n) is 5.25. The average Bonchev–Trinajstić information content (AvgIpc) is 2.95. The van der Waals surface area contributed by atoms with Gasteiger partial charge in [0.25, 0.3) is 0 Å². The van der Waals surface area contributed by atoms with E-state index in [2.05, 4.69) is 0 Å². The molecule has 0 aliphatic rings. The molecule has 86 valence electrons. The molecule has 2 N–H and O–H groups in total. The van der Waals surface area contributed by atoms with E-state index in [1.807, 2.05) is 30.3 Å². The lowest BCUT2D eigenvalue weighted by molar-refractivity contribution is 0.503. The summed E-state index contributed by atoms with van der Waals surface area (Å²) in [6, 6.07) is 11.2. The molecule has 0 saturated carbocycles. The molecular weight excluding hydrogens is 238 g/mol. The van der Waals surface area contributed by atoms with Crippen molar-refractivity contribution in [3.63, 3.8) is 0 Å². The van der Waals surface area contributed by atoms with Gasteiger partial charge < -0.3 is 14.6 Å². The molecule has 0 atom stereocenters. The maximum absolute atomic E-state index is 6.05. The number of rotatable bonds is 2. The van der Waals surface area contributed by atoms with Crippen LogP contribution in [0.3, 0.4) is 0 Å². The third-order valence-corrected chi connectivity index (χ3v) is 2.90. The zero-order chi connectivity index (χ0) is 11.8. The van der Waals surface area contributed by atoms with Crippen molar-refractivity contribution in [2.24, 2.45) is 5.73 Å². The molecule has 3 rings (SSSR count). The Hall–Kier alpha value is -1.71. The van der Waals surface area contributed by atoms with E-state index in [1.54, 1.807) is 6.07 Å². The Balaban J connectivity index is 2.14. The van der Waals surface area contributed by atoms with Crippen molar-refractivity contribution < 1.29 is 8.83 Å². The molecular formula is C13H10ClNO2. The van der Waals surface area contributed by atoms with Crippen molar-refractivity contribution in [1.29, 1.82) is 0 Å². The molecule has 1 aromatic carbocycles. The van der Waals surface area contributed by atoms with Crippen LogP contribution >= 0.6 is 11.6 Å². The maximum Gasteiger partial charge on any atom is 0.170 e. The Morgan fingerprint density at radius 3 is 2.65 bits per heavy atom. The summed E-state index contributed by atoms with van der Waals surface area (Å²) >= 11 is 6.05. The SMILES string of the molecule is NCc1ccc(-c2cc3cccc(Cl)c3o2)o1. The zero-order valence-corrected chi connectivity index (χ0v) is 9.70. The molecule has 3 nitrogen and oxygen atoms in total. The molecule has 0 bridgehead atoms. The lowest BCUT2D eigenvalue weighted by Crippen LogP contribution is -1.92. The molecule has 17 heavy (non-hydrogen) atoms. The van der Waals surface area contributed by atoms with Crippen LogP contribution in [-0.2, 0) is 6.54 Å². The number of fused-ring (bicyclic) bond motifs is 1. The van der Waals surface area contributed by atoms with E-state index in [1.165, 1.54) is 0 Å². The second-order valence-corrected chi connectivity index (χ2v) is 4.15. The molecule has 0 aliphatic carbocycles. The molecule has 0 aliphatic heterocycles. The van der Waals surface area contributed by atoms with Crippen molar-refractivity contribution in [2.75, 3.05) is 0 Å². The van der Waals surface area contributed by atoms with Gasteiger partial charge in [-0.3, -0.25) is 0 Å². The summed E-state index contributed by atoms with van der Waals surface area (Å²) in [4.78, 5) is 0. The predicted molar refractivity (Wildman–Crippen MR) is 66.8 cm³/mol. The number of hydrogen-bond acceptors (Lipinski definition) is 3. The Labute approximate surface area is 103 Å². The number of hydrogen-bond donors (Lipinski definition) is 1. The van der Waals surface area contributed by atoms with E-state index in [9.17, 15) is 0 Å². The summed E-state index contributed by atoms with van der Waals surface area (Å²) in [5, 5.41) is 1.55. The van der Waals surface area contributed by atoms with Gasteiger partial charge in [0.05, 0.1) is 11.6 Å². The standard InChI is InChI=1S/C13H10ClNO2/c14-10-3-1-2-8-6-12(17-13(8)10)11-5-4-9(7-15)16-11/h1-6H,7,15H2. The van der Waals surface area contributed by atoms with Crippen LogP contribution in [0.2, 0.25) is 5.02 Å². The van der Waals surface area contributed by atoms with Gasteiger partial charge in [-0.05, 0) is 24.3 Å². The Kier molecular flexibility index (Phi) is 2.42. The van der Waals surface area contributed by atoms with Gasteiger partial charge in [0.2, 0.25) is 0 Å². The van der Waals surface area contributed by atoms with Gasteiger partial charge in [-0.25, -0.2) is 0 Å². The highest BCUT2D eigenvalue weighted by molar-refractivity contribution is 6.34. The Morgan fingerprint density at radius 1 is 1.06 bits per heavy atom. The summed E-state index contributed by atoms with van der Waals surface area (Å²) in [6.45, 7) is 0.376. The molecule has 4 heteroatoms. The number of nitrogens with two attached hydrogens (primary N) is 1.